The summed E-state index contributed by atoms with van der Waals surface area (Å²) in [6.07, 6.45) is 8.81. The molecule has 1 nitrogen and oxygen atoms in total. The number of benzene rings is 1. The van der Waals surface area contributed by atoms with E-state index in [0.29, 0.717) is 12.0 Å². The molecule has 20 heavy (non-hydrogen) atoms. The number of hydrogen-bond donors (Lipinski definition) is 1. The molecule has 0 amide bonds. The third-order valence-corrected chi connectivity index (χ3v) is 3.91. The summed E-state index contributed by atoms with van der Waals surface area (Å²) < 4.78 is 26.8. The fourth-order valence-corrected chi connectivity index (χ4v) is 2.84. The molecular weight excluding hydrogens is 256 g/mol. The fraction of sp³-hybridized carbons (Fsp3) is 0.529. The SMILES string of the molecule is CCNC(Cc1ccc(F)cc1F)C1=CCCCCC1. The molecule has 110 valence electrons. The first-order chi connectivity index (χ1) is 9.70. The highest BCUT2D eigenvalue weighted by molar-refractivity contribution is 5.23. The Hall–Kier alpha value is -1.22. The molecule has 0 heterocycles. The van der Waals surface area contributed by atoms with Crippen molar-refractivity contribution in [1.82, 2.24) is 5.32 Å². The lowest BCUT2D eigenvalue weighted by atomic mass is 9.95. The van der Waals surface area contributed by atoms with Gasteiger partial charge < -0.3 is 5.32 Å². The number of nitrogens with one attached hydrogen (secondary N) is 1. The molecule has 1 N–H and O–H groups in total. The van der Waals surface area contributed by atoms with Gasteiger partial charge in [0.15, 0.2) is 0 Å². The van der Waals surface area contributed by atoms with E-state index >= 15 is 0 Å². The molecule has 0 saturated carbocycles. The zero-order chi connectivity index (χ0) is 14.4. The third kappa shape index (κ3) is 4.14. The van der Waals surface area contributed by atoms with Gasteiger partial charge in [0.2, 0.25) is 0 Å². The predicted octanol–water partition coefficient (Wildman–Crippen LogP) is 4.38. The van der Waals surface area contributed by atoms with Gasteiger partial charge in [0.1, 0.15) is 11.6 Å². The first kappa shape index (κ1) is 15.2. The van der Waals surface area contributed by atoms with Gasteiger partial charge in [-0.15, -0.1) is 0 Å². The first-order valence-corrected chi connectivity index (χ1v) is 7.57. The summed E-state index contributed by atoms with van der Waals surface area (Å²) in [6, 6.07) is 4.03. The van der Waals surface area contributed by atoms with Gasteiger partial charge in [0.05, 0.1) is 0 Å². The number of allylic oxidation sites excluding steroid dienone is 1. The van der Waals surface area contributed by atoms with E-state index in [4.69, 9.17) is 0 Å². The van der Waals surface area contributed by atoms with Gasteiger partial charge in [-0.2, -0.15) is 0 Å². The van der Waals surface area contributed by atoms with Crippen molar-refractivity contribution in [2.45, 2.75) is 51.5 Å². The Morgan fingerprint density at radius 2 is 2.05 bits per heavy atom. The van der Waals surface area contributed by atoms with Crippen molar-refractivity contribution in [1.29, 1.82) is 0 Å². The van der Waals surface area contributed by atoms with Gasteiger partial charge in [-0.3, -0.25) is 0 Å². The van der Waals surface area contributed by atoms with Gasteiger partial charge in [-0.1, -0.05) is 31.1 Å². The second-order valence-corrected chi connectivity index (χ2v) is 5.43. The molecule has 0 spiro atoms. The maximum atomic E-state index is 13.8. The highest BCUT2D eigenvalue weighted by Crippen LogP contribution is 2.23. The van der Waals surface area contributed by atoms with Crippen LogP contribution in [0, 0.1) is 11.6 Å². The topological polar surface area (TPSA) is 12.0 Å². The smallest absolute Gasteiger partial charge is 0.129 e. The summed E-state index contributed by atoms with van der Waals surface area (Å²) in [6.45, 7) is 2.91. The van der Waals surface area contributed by atoms with Crippen LogP contribution in [0.2, 0.25) is 0 Å². The van der Waals surface area contributed by atoms with E-state index in [1.165, 1.54) is 30.9 Å². The molecule has 0 aliphatic heterocycles. The third-order valence-electron chi connectivity index (χ3n) is 3.91. The van der Waals surface area contributed by atoms with E-state index in [1.807, 2.05) is 0 Å². The zero-order valence-electron chi connectivity index (χ0n) is 12.1. The van der Waals surface area contributed by atoms with Crippen LogP contribution in [0.25, 0.3) is 0 Å². The Kier molecular flexibility index (Phi) is 5.72. The minimum absolute atomic E-state index is 0.165. The molecule has 1 unspecified atom stereocenters. The minimum atomic E-state index is -0.514. The lowest BCUT2D eigenvalue weighted by molar-refractivity contribution is 0.531. The molecule has 0 bridgehead atoms. The van der Waals surface area contributed by atoms with Crippen molar-refractivity contribution in [2.75, 3.05) is 6.54 Å². The Labute approximate surface area is 120 Å². The van der Waals surface area contributed by atoms with Gasteiger partial charge in [-0.05, 0) is 50.3 Å². The lowest BCUT2D eigenvalue weighted by Crippen LogP contribution is -2.33. The van der Waals surface area contributed by atoms with Crippen LogP contribution in [0.1, 0.15) is 44.6 Å². The zero-order valence-corrected chi connectivity index (χ0v) is 12.1. The summed E-state index contributed by atoms with van der Waals surface area (Å²) in [5, 5.41) is 3.44. The lowest BCUT2D eigenvalue weighted by Gasteiger charge is -2.21. The van der Waals surface area contributed by atoms with E-state index in [9.17, 15) is 8.78 Å². The van der Waals surface area contributed by atoms with Crippen LogP contribution in [-0.2, 0) is 6.42 Å². The Balaban J connectivity index is 2.13. The van der Waals surface area contributed by atoms with Crippen LogP contribution in [-0.4, -0.2) is 12.6 Å². The van der Waals surface area contributed by atoms with E-state index in [0.717, 1.165) is 25.5 Å². The number of halogens is 2. The molecule has 1 aromatic carbocycles. The van der Waals surface area contributed by atoms with Crippen LogP contribution in [0.3, 0.4) is 0 Å². The summed E-state index contributed by atoms with van der Waals surface area (Å²) in [7, 11) is 0. The van der Waals surface area contributed by atoms with Crippen molar-refractivity contribution in [3.63, 3.8) is 0 Å². The fourth-order valence-electron chi connectivity index (χ4n) is 2.84. The highest BCUT2D eigenvalue weighted by atomic mass is 19.1. The Morgan fingerprint density at radius 3 is 2.80 bits per heavy atom. The largest absolute Gasteiger partial charge is 0.310 e. The average molecular weight is 279 g/mol. The van der Waals surface area contributed by atoms with E-state index in [2.05, 4.69) is 18.3 Å². The van der Waals surface area contributed by atoms with E-state index in [-0.39, 0.29) is 6.04 Å². The molecule has 1 aromatic rings. The monoisotopic (exact) mass is 279 g/mol. The van der Waals surface area contributed by atoms with Crippen LogP contribution in [0.15, 0.2) is 29.8 Å². The van der Waals surface area contributed by atoms with Gasteiger partial charge in [0.25, 0.3) is 0 Å². The summed E-state index contributed by atoms with van der Waals surface area (Å²) in [5.41, 5.74) is 1.97. The van der Waals surface area contributed by atoms with Gasteiger partial charge in [-0.25, -0.2) is 8.78 Å². The Bertz CT molecular complexity index is 468. The molecule has 0 fully saturated rings. The second-order valence-electron chi connectivity index (χ2n) is 5.43. The van der Waals surface area contributed by atoms with Crippen molar-refractivity contribution in [2.24, 2.45) is 0 Å². The standard InChI is InChI=1S/C17H23F2N/c1-2-20-17(13-7-5-3-4-6-8-13)11-14-9-10-15(18)12-16(14)19/h7,9-10,12,17,20H,2-6,8,11H2,1H3. The maximum Gasteiger partial charge on any atom is 0.129 e. The molecule has 2 rings (SSSR count). The number of likely N-dealkylation sites (N-methyl/N-ethyl adjacent to an activating group) is 1. The van der Waals surface area contributed by atoms with Crippen LogP contribution >= 0.6 is 0 Å². The molecule has 3 heteroatoms. The number of hydrogen-bond acceptors (Lipinski definition) is 1. The van der Waals surface area contributed by atoms with Crippen LogP contribution in [0.4, 0.5) is 8.78 Å². The van der Waals surface area contributed by atoms with Crippen molar-refractivity contribution in [3.8, 4) is 0 Å². The summed E-state index contributed by atoms with van der Waals surface area (Å²) in [4.78, 5) is 0. The van der Waals surface area contributed by atoms with Crippen molar-refractivity contribution < 1.29 is 8.78 Å². The summed E-state index contributed by atoms with van der Waals surface area (Å²) in [5.74, 6) is -0.956. The van der Waals surface area contributed by atoms with Crippen molar-refractivity contribution in [3.05, 3.63) is 47.0 Å². The molecule has 1 atom stereocenters. The molecule has 1 aliphatic carbocycles. The molecule has 0 radical (unpaired) electrons. The van der Waals surface area contributed by atoms with Gasteiger partial charge >= 0.3 is 0 Å². The molecular formula is C17H23F2N. The average Bonchev–Trinajstić information content (AvgIpc) is 2.70. The summed E-state index contributed by atoms with van der Waals surface area (Å²) >= 11 is 0. The minimum Gasteiger partial charge on any atom is -0.310 e. The second kappa shape index (κ2) is 7.53. The highest BCUT2D eigenvalue weighted by Gasteiger charge is 2.17. The quantitative estimate of drug-likeness (QED) is 0.789. The molecule has 0 saturated heterocycles. The predicted molar refractivity (Wildman–Crippen MR) is 78.7 cm³/mol. The Morgan fingerprint density at radius 1 is 1.20 bits per heavy atom. The van der Waals surface area contributed by atoms with Crippen LogP contribution in [0.5, 0.6) is 0 Å². The molecule has 1 aliphatic rings. The van der Waals surface area contributed by atoms with Gasteiger partial charge in [0, 0.05) is 12.1 Å². The first-order valence-electron chi connectivity index (χ1n) is 7.57. The maximum absolute atomic E-state index is 13.8. The number of rotatable bonds is 5. The van der Waals surface area contributed by atoms with Crippen LogP contribution < -0.4 is 5.32 Å². The van der Waals surface area contributed by atoms with E-state index < -0.39 is 11.6 Å². The molecule has 0 aromatic heterocycles. The van der Waals surface area contributed by atoms with E-state index in [1.54, 1.807) is 6.07 Å². The van der Waals surface area contributed by atoms with Crippen molar-refractivity contribution >= 4 is 0 Å². The normalized spacial score (nSPS) is 17.4.